The van der Waals surface area contributed by atoms with Gasteiger partial charge in [-0.05, 0) is 42.0 Å². The maximum absolute atomic E-state index is 14.3. The number of pyridine rings is 1. The van der Waals surface area contributed by atoms with Crippen molar-refractivity contribution in [1.82, 2.24) is 4.57 Å². The first-order chi connectivity index (χ1) is 15.3. The topological polar surface area (TPSA) is 55.0 Å². The fourth-order valence-corrected chi connectivity index (χ4v) is 4.74. The third-order valence-corrected chi connectivity index (χ3v) is 6.69. The Morgan fingerprint density at radius 3 is 2.47 bits per heavy atom. The van der Waals surface area contributed by atoms with Crippen LogP contribution in [0.2, 0.25) is 0 Å². The first-order valence-electron chi connectivity index (χ1n) is 9.78. The van der Waals surface area contributed by atoms with Crippen molar-refractivity contribution in [3.8, 4) is 28.7 Å². The Hall–Kier alpha value is -3.57. The molecule has 32 heavy (non-hydrogen) atoms. The number of nitrogens with zero attached hydrogens (tertiary/aromatic N) is 2. The number of rotatable bonds is 4. The molecule has 4 nitrogen and oxygen atoms in total. The summed E-state index contributed by atoms with van der Waals surface area (Å²) in [6, 6.07) is 10.2. The molecule has 1 fully saturated rings. The third-order valence-electron chi connectivity index (χ3n) is 5.74. The van der Waals surface area contributed by atoms with Gasteiger partial charge < -0.3 is 9.30 Å². The molecule has 4 aromatic rings. The molecule has 1 aliphatic carbocycles. The number of aryl methyl sites for hydroxylation is 1. The fraction of sp³-hybridized carbons (Fsp3) is 0.167. The highest BCUT2D eigenvalue weighted by Crippen LogP contribution is 2.50. The van der Waals surface area contributed by atoms with Gasteiger partial charge in [0.05, 0.1) is 16.9 Å². The first kappa shape index (κ1) is 20.3. The number of thiophene rings is 1. The molecule has 160 valence electrons. The van der Waals surface area contributed by atoms with Crippen LogP contribution in [0.4, 0.5) is 13.2 Å². The average molecular weight is 452 g/mol. The van der Waals surface area contributed by atoms with Crippen molar-refractivity contribution < 1.29 is 17.9 Å². The maximum atomic E-state index is 14.3. The molecule has 2 aromatic heterocycles. The number of halogens is 3. The monoisotopic (exact) mass is 452 g/mol. The highest BCUT2D eigenvalue weighted by molar-refractivity contribution is 7.17. The average Bonchev–Trinajstić information content (AvgIpc) is 3.41. The molecule has 8 heteroatoms. The lowest BCUT2D eigenvalue weighted by molar-refractivity contribution is 0.402. The van der Waals surface area contributed by atoms with Crippen molar-refractivity contribution in [3.63, 3.8) is 0 Å². The molecule has 2 aromatic carbocycles. The van der Waals surface area contributed by atoms with Crippen LogP contribution in [0, 0.1) is 28.8 Å². The summed E-state index contributed by atoms with van der Waals surface area (Å²) in [6.07, 6.45) is 3.06. The summed E-state index contributed by atoms with van der Waals surface area (Å²) in [6.45, 7) is 0. The van der Waals surface area contributed by atoms with E-state index in [0.717, 1.165) is 5.56 Å². The van der Waals surface area contributed by atoms with Gasteiger partial charge in [0.25, 0.3) is 5.56 Å². The van der Waals surface area contributed by atoms with Crippen LogP contribution >= 0.6 is 11.3 Å². The molecule has 0 N–H and O–H groups in total. The lowest BCUT2D eigenvalue weighted by Crippen LogP contribution is -2.15. The van der Waals surface area contributed by atoms with Gasteiger partial charge in [-0.25, -0.2) is 13.2 Å². The summed E-state index contributed by atoms with van der Waals surface area (Å²) in [5, 5.41) is 11.9. The van der Waals surface area contributed by atoms with Gasteiger partial charge in [0, 0.05) is 41.2 Å². The van der Waals surface area contributed by atoms with Gasteiger partial charge in [0.15, 0.2) is 17.4 Å². The minimum absolute atomic E-state index is 0.125. The number of aromatic nitrogens is 1. The van der Waals surface area contributed by atoms with E-state index in [9.17, 15) is 23.2 Å². The van der Waals surface area contributed by atoms with E-state index in [0.29, 0.717) is 46.2 Å². The molecular weight excluding hydrogens is 437 g/mol. The van der Waals surface area contributed by atoms with Crippen LogP contribution < -0.4 is 10.3 Å². The van der Waals surface area contributed by atoms with Crippen LogP contribution in [0.25, 0.3) is 21.2 Å². The molecule has 5 rings (SSSR count). The number of ether oxygens (including phenoxy) is 1. The molecule has 0 saturated heterocycles. The molecule has 1 saturated carbocycles. The zero-order valence-electron chi connectivity index (χ0n) is 16.8. The molecule has 0 amide bonds. The molecule has 0 aliphatic heterocycles. The summed E-state index contributed by atoms with van der Waals surface area (Å²) in [5.41, 5.74) is 1.10. The van der Waals surface area contributed by atoms with Gasteiger partial charge in [-0.3, -0.25) is 4.79 Å². The minimum Gasteiger partial charge on any atom is -0.451 e. The standard InChI is InChI=1S/C24H15F3N2O2S/c1-29-11-17(22-15(23(29)30)4-7-32-22)16-8-13(24(12-28)5-6-24)2-3-20(16)31-21-18(26)9-14(25)10-19(21)27/h2-4,7-11H,5-6H2,1H3. The van der Waals surface area contributed by atoms with Gasteiger partial charge in [0.1, 0.15) is 11.6 Å². The van der Waals surface area contributed by atoms with Gasteiger partial charge in [-0.15, -0.1) is 11.3 Å². The fourth-order valence-electron chi connectivity index (χ4n) is 3.83. The van der Waals surface area contributed by atoms with E-state index in [1.807, 2.05) is 0 Å². The van der Waals surface area contributed by atoms with Gasteiger partial charge >= 0.3 is 0 Å². The second-order valence-electron chi connectivity index (χ2n) is 7.83. The second kappa shape index (κ2) is 7.24. The van der Waals surface area contributed by atoms with Crippen LogP contribution in [0.15, 0.2) is 52.8 Å². The molecule has 0 spiro atoms. The number of hydrogen-bond donors (Lipinski definition) is 0. The number of nitriles is 1. The molecule has 0 bridgehead atoms. The summed E-state index contributed by atoms with van der Waals surface area (Å²) >= 11 is 1.36. The van der Waals surface area contributed by atoms with Crippen LogP contribution in [-0.4, -0.2) is 4.57 Å². The van der Waals surface area contributed by atoms with Gasteiger partial charge in [-0.1, -0.05) is 6.07 Å². The van der Waals surface area contributed by atoms with Crippen molar-refractivity contribution in [1.29, 1.82) is 5.26 Å². The third kappa shape index (κ3) is 3.17. The van der Waals surface area contributed by atoms with E-state index in [-0.39, 0.29) is 11.3 Å². The Labute approximate surface area is 184 Å². The van der Waals surface area contributed by atoms with Gasteiger partial charge in [0.2, 0.25) is 0 Å². The highest BCUT2D eigenvalue weighted by atomic mass is 32.1. The summed E-state index contributed by atoms with van der Waals surface area (Å²) in [4.78, 5) is 12.5. The summed E-state index contributed by atoms with van der Waals surface area (Å²) in [5.74, 6) is -4.00. The molecule has 2 heterocycles. The van der Waals surface area contributed by atoms with Crippen molar-refractivity contribution in [2.75, 3.05) is 0 Å². The Morgan fingerprint density at radius 1 is 1.09 bits per heavy atom. The van der Waals surface area contributed by atoms with Crippen molar-refractivity contribution in [2.45, 2.75) is 18.3 Å². The molecule has 0 radical (unpaired) electrons. The van der Waals surface area contributed by atoms with Crippen molar-refractivity contribution in [2.24, 2.45) is 7.05 Å². The van der Waals surface area contributed by atoms with Crippen LogP contribution in [0.5, 0.6) is 11.5 Å². The largest absolute Gasteiger partial charge is 0.451 e. The Kier molecular flexibility index (Phi) is 4.60. The van der Waals surface area contributed by atoms with Crippen LogP contribution in [0.3, 0.4) is 0 Å². The summed E-state index contributed by atoms with van der Waals surface area (Å²) in [7, 11) is 1.62. The van der Waals surface area contributed by atoms with E-state index < -0.39 is 28.6 Å². The molecular formula is C24H15F3N2O2S. The van der Waals surface area contributed by atoms with Crippen molar-refractivity contribution in [3.05, 3.63) is 81.3 Å². The molecule has 0 unspecified atom stereocenters. The highest BCUT2D eigenvalue weighted by Gasteiger charge is 2.45. The Balaban J connectivity index is 1.75. The van der Waals surface area contributed by atoms with Crippen LogP contribution in [-0.2, 0) is 12.5 Å². The zero-order valence-corrected chi connectivity index (χ0v) is 17.6. The maximum Gasteiger partial charge on any atom is 0.259 e. The predicted octanol–water partition coefficient (Wildman–Crippen LogP) is 6.03. The van der Waals surface area contributed by atoms with Crippen molar-refractivity contribution >= 4 is 21.4 Å². The van der Waals surface area contributed by atoms with E-state index >= 15 is 0 Å². The van der Waals surface area contributed by atoms with Gasteiger partial charge in [-0.2, -0.15) is 5.26 Å². The lowest BCUT2D eigenvalue weighted by Gasteiger charge is -2.17. The Morgan fingerprint density at radius 2 is 1.81 bits per heavy atom. The SMILES string of the molecule is Cn1cc(-c2cc(C3(C#N)CC3)ccc2Oc2c(F)cc(F)cc2F)c2sccc2c1=O. The smallest absolute Gasteiger partial charge is 0.259 e. The van der Waals surface area contributed by atoms with E-state index in [4.69, 9.17) is 4.74 Å². The number of fused-ring (bicyclic) bond motifs is 1. The van der Waals surface area contributed by atoms with E-state index in [1.54, 1.807) is 42.9 Å². The van der Waals surface area contributed by atoms with E-state index in [2.05, 4.69) is 6.07 Å². The van der Waals surface area contributed by atoms with E-state index in [1.165, 1.54) is 15.9 Å². The number of benzene rings is 2. The zero-order chi connectivity index (χ0) is 22.6. The quantitative estimate of drug-likeness (QED) is 0.380. The molecule has 0 atom stereocenters. The summed E-state index contributed by atoms with van der Waals surface area (Å²) < 4.78 is 49.7. The lowest BCUT2D eigenvalue weighted by atomic mass is 9.93. The predicted molar refractivity (Wildman–Crippen MR) is 115 cm³/mol. The van der Waals surface area contributed by atoms with Crippen LogP contribution in [0.1, 0.15) is 18.4 Å². The first-order valence-corrected chi connectivity index (χ1v) is 10.7. The molecule has 1 aliphatic rings. The normalized spacial score (nSPS) is 14.3. The minimum atomic E-state index is -1.17. The Bertz CT molecular complexity index is 1470. The number of hydrogen-bond acceptors (Lipinski definition) is 4. The second-order valence-corrected chi connectivity index (χ2v) is 8.74.